The molecule has 2 N–H and O–H groups in total. The van der Waals surface area contributed by atoms with Crippen molar-refractivity contribution in [3.63, 3.8) is 0 Å². The van der Waals surface area contributed by atoms with Gasteiger partial charge in [-0.1, -0.05) is 13.0 Å². The molecule has 0 aliphatic rings. The number of rotatable bonds is 3. The highest BCUT2D eigenvalue weighted by Gasteiger charge is 2.03. The molecule has 0 aliphatic heterocycles. The third-order valence-corrected chi connectivity index (χ3v) is 1.62. The van der Waals surface area contributed by atoms with E-state index in [2.05, 4.69) is 15.5 Å². The molecule has 0 radical (unpaired) electrons. The topological polar surface area (TPSA) is 57.8 Å². The van der Waals surface area contributed by atoms with Crippen molar-refractivity contribution in [3.8, 4) is 0 Å². The summed E-state index contributed by atoms with van der Waals surface area (Å²) in [5.41, 5.74) is 1.41. The van der Waals surface area contributed by atoms with E-state index >= 15 is 0 Å². The second kappa shape index (κ2) is 4.45. The van der Waals surface area contributed by atoms with E-state index in [9.17, 15) is 4.79 Å². The van der Waals surface area contributed by atoms with Crippen LogP contribution in [0.15, 0.2) is 24.0 Å². The van der Waals surface area contributed by atoms with Crippen molar-refractivity contribution in [2.75, 3.05) is 5.32 Å². The number of nitrogens with one attached hydrogen (secondary N) is 2. The van der Waals surface area contributed by atoms with Crippen LogP contribution in [0.25, 0.3) is 0 Å². The molecule has 1 heterocycles. The summed E-state index contributed by atoms with van der Waals surface area (Å²) in [5.74, 6) is -0.0803. The van der Waals surface area contributed by atoms with Crippen molar-refractivity contribution < 1.29 is 4.79 Å². The molecule has 13 heavy (non-hydrogen) atoms. The Hall–Kier alpha value is -1.58. The standard InChI is InChI=1S/C9H13N3O/c1-3-4-7(2)9(13)12-8-5-10-11-6-8/h4-6H,3H2,1-2H3,(H,10,11)(H,12,13)/b7-4+. The van der Waals surface area contributed by atoms with Gasteiger partial charge in [0.1, 0.15) is 0 Å². The number of nitrogens with zero attached hydrogens (tertiary/aromatic N) is 1. The molecular formula is C9H13N3O. The van der Waals surface area contributed by atoms with Crippen LogP contribution >= 0.6 is 0 Å². The Labute approximate surface area is 77.0 Å². The number of allylic oxidation sites excluding steroid dienone is 1. The van der Waals surface area contributed by atoms with E-state index in [0.717, 1.165) is 12.0 Å². The molecule has 4 heteroatoms. The van der Waals surface area contributed by atoms with E-state index in [4.69, 9.17) is 0 Å². The van der Waals surface area contributed by atoms with Crippen molar-refractivity contribution in [1.82, 2.24) is 10.2 Å². The summed E-state index contributed by atoms with van der Waals surface area (Å²) in [5, 5.41) is 9.05. The number of aromatic amines is 1. The summed E-state index contributed by atoms with van der Waals surface area (Å²) in [7, 11) is 0. The third kappa shape index (κ3) is 2.74. The average Bonchev–Trinajstić information content (AvgIpc) is 2.57. The van der Waals surface area contributed by atoms with Gasteiger partial charge in [0.15, 0.2) is 0 Å². The monoisotopic (exact) mass is 179 g/mol. The van der Waals surface area contributed by atoms with Gasteiger partial charge in [-0.3, -0.25) is 9.89 Å². The highest BCUT2D eigenvalue weighted by atomic mass is 16.1. The summed E-state index contributed by atoms with van der Waals surface area (Å²) >= 11 is 0. The fourth-order valence-electron chi connectivity index (χ4n) is 0.948. The summed E-state index contributed by atoms with van der Waals surface area (Å²) in [6.45, 7) is 3.79. The molecule has 1 amide bonds. The zero-order valence-electron chi connectivity index (χ0n) is 7.79. The molecule has 0 saturated heterocycles. The number of anilines is 1. The molecule has 0 bridgehead atoms. The highest BCUT2D eigenvalue weighted by Crippen LogP contribution is 2.04. The number of hydrogen-bond donors (Lipinski definition) is 2. The smallest absolute Gasteiger partial charge is 0.251 e. The van der Waals surface area contributed by atoms with Gasteiger partial charge in [0.05, 0.1) is 11.9 Å². The first-order valence-corrected chi connectivity index (χ1v) is 4.21. The molecule has 0 aliphatic carbocycles. The predicted molar refractivity (Wildman–Crippen MR) is 51.3 cm³/mol. The molecule has 0 fully saturated rings. The molecule has 1 aromatic heterocycles. The lowest BCUT2D eigenvalue weighted by atomic mass is 10.2. The van der Waals surface area contributed by atoms with E-state index in [1.165, 1.54) is 0 Å². The van der Waals surface area contributed by atoms with E-state index in [0.29, 0.717) is 5.69 Å². The van der Waals surface area contributed by atoms with E-state index in [1.807, 2.05) is 13.0 Å². The van der Waals surface area contributed by atoms with Gasteiger partial charge in [0.25, 0.3) is 5.91 Å². The Bertz CT molecular complexity index is 301. The summed E-state index contributed by atoms with van der Waals surface area (Å²) < 4.78 is 0. The molecule has 0 spiro atoms. The highest BCUT2D eigenvalue weighted by molar-refractivity contribution is 6.03. The summed E-state index contributed by atoms with van der Waals surface area (Å²) in [6, 6.07) is 0. The second-order valence-corrected chi connectivity index (χ2v) is 2.74. The first-order valence-electron chi connectivity index (χ1n) is 4.21. The quantitative estimate of drug-likeness (QED) is 0.694. The molecule has 0 atom stereocenters. The van der Waals surface area contributed by atoms with Crippen molar-refractivity contribution >= 4 is 11.6 Å². The minimum atomic E-state index is -0.0803. The molecule has 0 saturated carbocycles. The Morgan fingerprint density at radius 2 is 2.54 bits per heavy atom. The van der Waals surface area contributed by atoms with Crippen LogP contribution in [-0.4, -0.2) is 16.1 Å². The van der Waals surface area contributed by atoms with Crippen LogP contribution in [0.1, 0.15) is 20.3 Å². The van der Waals surface area contributed by atoms with Crippen LogP contribution in [0.2, 0.25) is 0 Å². The Morgan fingerprint density at radius 1 is 1.77 bits per heavy atom. The molecule has 70 valence electrons. The van der Waals surface area contributed by atoms with Crippen molar-refractivity contribution in [3.05, 3.63) is 24.0 Å². The Morgan fingerprint density at radius 3 is 3.08 bits per heavy atom. The van der Waals surface area contributed by atoms with Crippen molar-refractivity contribution in [2.24, 2.45) is 0 Å². The van der Waals surface area contributed by atoms with Crippen molar-refractivity contribution in [1.29, 1.82) is 0 Å². The Balaban J connectivity index is 2.56. The number of hydrogen-bond acceptors (Lipinski definition) is 2. The third-order valence-electron chi connectivity index (χ3n) is 1.62. The van der Waals surface area contributed by atoms with Gasteiger partial charge in [-0.05, 0) is 13.3 Å². The number of H-pyrrole nitrogens is 1. The van der Waals surface area contributed by atoms with Crippen LogP contribution in [0.5, 0.6) is 0 Å². The van der Waals surface area contributed by atoms with Gasteiger partial charge >= 0.3 is 0 Å². The largest absolute Gasteiger partial charge is 0.320 e. The van der Waals surface area contributed by atoms with Gasteiger partial charge in [-0.2, -0.15) is 5.10 Å². The molecular weight excluding hydrogens is 166 g/mol. The van der Waals surface area contributed by atoms with E-state index in [-0.39, 0.29) is 5.91 Å². The zero-order chi connectivity index (χ0) is 9.68. The second-order valence-electron chi connectivity index (χ2n) is 2.74. The minimum Gasteiger partial charge on any atom is -0.320 e. The fraction of sp³-hybridized carbons (Fsp3) is 0.333. The molecule has 4 nitrogen and oxygen atoms in total. The van der Waals surface area contributed by atoms with E-state index in [1.54, 1.807) is 19.3 Å². The van der Waals surface area contributed by atoms with Crippen molar-refractivity contribution in [2.45, 2.75) is 20.3 Å². The van der Waals surface area contributed by atoms with Gasteiger partial charge in [0, 0.05) is 11.8 Å². The lowest BCUT2D eigenvalue weighted by Gasteiger charge is -2.00. The number of amides is 1. The SMILES string of the molecule is CC/C=C(\C)C(=O)Nc1cn[nH]c1. The molecule has 0 unspecified atom stereocenters. The van der Waals surface area contributed by atoms with Gasteiger partial charge < -0.3 is 5.32 Å². The maximum atomic E-state index is 11.4. The van der Waals surface area contributed by atoms with Gasteiger partial charge in [-0.15, -0.1) is 0 Å². The first kappa shape index (κ1) is 9.51. The molecule has 0 aromatic carbocycles. The predicted octanol–water partition coefficient (Wildman–Crippen LogP) is 1.70. The minimum absolute atomic E-state index is 0.0803. The van der Waals surface area contributed by atoms with Crippen LogP contribution in [-0.2, 0) is 4.79 Å². The Kier molecular flexibility index (Phi) is 3.25. The number of carbonyl (C=O) groups is 1. The average molecular weight is 179 g/mol. The number of aromatic nitrogens is 2. The summed E-state index contributed by atoms with van der Waals surface area (Å²) in [4.78, 5) is 11.4. The summed E-state index contributed by atoms with van der Waals surface area (Å²) in [6.07, 6.45) is 5.95. The zero-order valence-corrected chi connectivity index (χ0v) is 7.79. The van der Waals surface area contributed by atoms with Crippen LogP contribution in [0.3, 0.4) is 0 Å². The lowest BCUT2D eigenvalue weighted by molar-refractivity contribution is -0.112. The maximum Gasteiger partial charge on any atom is 0.251 e. The van der Waals surface area contributed by atoms with Crippen LogP contribution in [0, 0.1) is 0 Å². The molecule has 1 aromatic rings. The normalized spacial score (nSPS) is 11.4. The lowest BCUT2D eigenvalue weighted by Crippen LogP contribution is -2.11. The van der Waals surface area contributed by atoms with Crippen LogP contribution < -0.4 is 5.32 Å². The van der Waals surface area contributed by atoms with Crippen LogP contribution in [0.4, 0.5) is 5.69 Å². The van der Waals surface area contributed by atoms with Gasteiger partial charge in [0.2, 0.25) is 0 Å². The first-order chi connectivity index (χ1) is 6.24. The molecule has 1 rings (SSSR count). The maximum absolute atomic E-state index is 11.4. The van der Waals surface area contributed by atoms with E-state index < -0.39 is 0 Å². The number of carbonyl (C=O) groups excluding carboxylic acids is 1. The van der Waals surface area contributed by atoms with Gasteiger partial charge in [-0.25, -0.2) is 0 Å². The fourth-order valence-corrected chi connectivity index (χ4v) is 0.948.